The molecule has 1 unspecified atom stereocenters. The minimum Gasteiger partial charge on any atom is -0.361 e. The van der Waals surface area contributed by atoms with Crippen LogP contribution in [0.25, 0.3) is 21.9 Å². The van der Waals surface area contributed by atoms with Gasteiger partial charge in [0.25, 0.3) is 0 Å². The average Bonchev–Trinajstić information content (AvgIpc) is 3.35. The highest BCUT2D eigenvalue weighted by Crippen LogP contribution is 2.32. The zero-order valence-corrected chi connectivity index (χ0v) is 17.6. The normalized spacial score (nSPS) is 17.3. The number of nitrogens with zero attached hydrogens (tertiary/aromatic N) is 3. The van der Waals surface area contributed by atoms with E-state index in [0.29, 0.717) is 12.5 Å². The second-order valence-corrected chi connectivity index (χ2v) is 8.64. The number of benzene rings is 2. The van der Waals surface area contributed by atoms with Crippen molar-refractivity contribution in [3.63, 3.8) is 0 Å². The topological polar surface area (TPSA) is 53.9 Å². The largest absolute Gasteiger partial charge is 0.361 e. The fraction of sp³-hybridized carbons (Fsp3) is 0.360. The van der Waals surface area contributed by atoms with Crippen molar-refractivity contribution in [2.45, 2.75) is 45.1 Å². The molecule has 3 heterocycles. The van der Waals surface area contributed by atoms with Crippen molar-refractivity contribution in [2.75, 3.05) is 13.1 Å². The molecule has 1 aliphatic heterocycles. The highest BCUT2D eigenvalue weighted by Gasteiger charge is 2.29. The summed E-state index contributed by atoms with van der Waals surface area (Å²) in [5.74, 6) is 1.60. The van der Waals surface area contributed by atoms with Crippen LogP contribution in [0.1, 0.15) is 50.0 Å². The number of imidazole rings is 1. The molecule has 0 spiro atoms. The summed E-state index contributed by atoms with van der Waals surface area (Å²) in [5, 5.41) is 1.14. The number of carbonyl (C=O) groups excluding carboxylic acids is 1. The number of hydrogen-bond acceptors (Lipinski definition) is 2. The molecular formula is C25H28N4O. The van der Waals surface area contributed by atoms with Crippen molar-refractivity contribution in [2.24, 2.45) is 0 Å². The zero-order valence-electron chi connectivity index (χ0n) is 17.6. The lowest BCUT2D eigenvalue weighted by Crippen LogP contribution is -2.40. The first-order chi connectivity index (χ1) is 14.6. The van der Waals surface area contributed by atoms with E-state index in [-0.39, 0.29) is 11.8 Å². The fourth-order valence-electron chi connectivity index (χ4n) is 4.86. The number of rotatable bonds is 4. The van der Waals surface area contributed by atoms with Crippen LogP contribution in [0.15, 0.2) is 54.7 Å². The lowest BCUT2D eigenvalue weighted by Gasteiger charge is -2.33. The summed E-state index contributed by atoms with van der Waals surface area (Å²) in [7, 11) is 0. The van der Waals surface area contributed by atoms with Crippen LogP contribution in [-0.4, -0.2) is 38.4 Å². The Hall–Kier alpha value is -3.08. The Balaban J connectivity index is 1.39. The molecule has 1 fully saturated rings. The van der Waals surface area contributed by atoms with Crippen molar-refractivity contribution in [1.29, 1.82) is 0 Å². The molecule has 2 aromatic carbocycles. The van der Waals surface area contributed by atoms with E-state index in [1.165, 1.54) is 5.52 Å². The maximum atomic E-state index is 13.2. The molecule has 30 heavy (non-hydrogen) atoms. The highest BCUT2D eigenvalue weighted by molar-refractivity contribution is 5.89. The zero-order chi connectivity index (χ0) is 20.7. The number of hydrogen-bond donors (Lipinski definition) is 1. The van der Waals surface area contributed by atoms with Crippen molar-refractivity contribution < 1.29 is 4.79 Å². The Bertz CT molecular complexity index is 1200. The van der Waals surface area contributed by atoms with Gasteiger partial charge in [-0.05, 0) is 50.5 Å². The van der Waals surface area contributed by atoms with Crippen molar-refractivity contribution in [1.82, 2.24) is 19.4 Å². The molecule has 5 nitrogen and oxygen atoms in total. The van der Waals surface area contributed by atoms with Gasteiger partial charge >= 0.3 is 0 Å². The number of aromatic nitrogens is 3. The highest BCUT2D eigenvalue weighted by atomic mass is 16.2. The molecule has 2 aromatic heterocycles. The summed E-state index contributed by atoms with van der Waals surface area (Å²) < 4.78 is 2.35. The molecule has 154 valence electrons. The lowest BCUT2D eigenvalue weighted by atomic mass is 9.96. The smallest absolute Gasteiger partial charge is 0.227 e. The monoisotopic (exact) mass is 400 g/mol. The number of piperidine rings is 1. The summed E-state index contributed by atoms with van der Waals surface area (Å²) in [6.45, 7) is 6.00. The predicted octanol–water partition coefficient (Wildman–Crippen LogP) is 5.05. The van der Waals surface area contributed by atoms with Crippen LogP contribution in [0.4, 0.5) is 0 Å². The number of H-pyrrole nitrogens is 1. The van der Waals surface area contributed by atoms with Gasteiger partial charge in [0, 0.05) is 42.1 Å². The number of carbonyl (C=O) groups is 1. The number of fused-ring (bicyclic) bond motifs is 2. The van der Waals surface area contributed by atoms with E-state index >= 15 is 0 Å². The molecule has 1 N–H and O–H groups in total. The van der Waals surface area contributed by atoms with Gasteiger partial charge < -0.3 is 14.5 Å². The van der Waals surface area contributed by atoms with E-state index in [0.717, 1.165) is 53.7 Å². The molecule has 1 aliphatic rings. The average molecular weight is 401 g/mol. The molecule has 5 rings (SSSR count). The maximum absolute atomic E-state index is 13.2. The van der Waals surface area contributed by atoms with Gasteiger partial charge in [0.2, 0.25) is 5.91 Å². The van der Waals surface area contributed by atoms with E-state index in [2.05, 4.69) is 53.7 Å². The van der Waals surface area contributed by atoms with Gasteiger partial charge in [0.05, 0.1) is 17.5 Å². The molecule has 1 amide bonds. The van der Waals surface area contributed by atoms with E-state index < -0.39 is 0 Å². The minimum absolute atomic E-state index is 0.205. The van der Waals surface area contributed by atoms with E-state index in [9.17, 15) is 4.79 Å². The Morgan fingerprint density at radius 3 is 2.83 bits per heavy atom. The molecule has 0 saturated carbocycles. The molecule has 0 bridgehead atoms. The summed E-state index contributed by atoms with van der Waals surface area (Å²) in [6.07, 6.45) is 4.51. The van der Waals surface area contributed by atoms with Gasteiger partial charge in [-0.15, -0.1) is 0 Å². The molecule has 4 aromatic rings. The van der Waals surface area contributed by atoms with Gasteiger partial charge in [-0.1, -0.05) is 30.3 Å². The summed E-state index contributed by atoms with van der Waals surface area (Å²) >= 11 is 0. The number of likely N-dealkylation sites (tertiary alicyclic amines) is 1. The molecule has 1 saturated heterocycles. The quantitative estimate of drug-likeness (QED) is 0.521. The van der Waals surface area contributed by atoms with Crippen LogP contribution < -0.4 is 0 Å². The van der Waals surface area contributed by atoms with Gasteiger partial charge in [-0.25, -0.2) is 4.98 Å². The van der Waals surface area contributed by atoms with Gasteiger partial charge in [0.15, 0.2) is 0 Å². The van der Waals surface area contributed by atoms with Gasteiger partial charge in [0.1, 0.15) is 5.82 Å². The number of amides is 1. The van der Waals surface area contributed by atoms with Crippen molar-refractivity contribution in [3.8, 4) is 0 Å². The first-order valence-corrected chi connectivity index (χ1v) is 10.9. The van der Waals surface area contributed by atoms with Crippen LogP contribution in [0.3, 0.4) is 0 Å². The number of aromatic amines is 1. The molecule has 1 atom stereocenters. The summed E-state index contributed by atoms with van der Waals surface area (Å²) in [4.78, 5) is 23.5. The first kappa shape index (κ1) is 18.9. The summed E-state index contributed by atoms with van der Waals surface area (Å²) in [6, 6.07) is 16.9. The van der Waals surface area contributed by atoms with Crippen molar-refractivity contribution in [3.05, 3.63) is 66.1 Å². The lowest BCUT2D eigenvalue weighted by molar-refractivity contribution is -0.131. The van der Waals surface area contributed by atoms with Gasteiger partial charge in [-0.2, -0.15) is 0 Å². The standard InChI is InChI=1S/C25H28N4O/c1-17(2)29-23-12-6-5-11-22(23)27-25(29)18-8-7-13-28(16-18)24(30)14-19-15-26-21-10-4-3-9-20(19)21/h3-6,9-12,15,17-18,26H,7-8,13-14,16H2,1-2H3. The minimum atomic E-state index is 0.205. The fourth-order valence-corrected chi connectivity index (χ4v) is 4.86. The van der Waals surface area contributed by atoms with Crippen LogP contribution in [0.2, 0.25) is 0 Å². The van der Waals surface area contributed by atoms with Crippen LogP contribution in [0, 0.1) is 0 Å². The molecule has 5 heteroatoms. The Labute approximate surface area is 176 Å². The second-order valence-electron chi connectivity index (χ2n) is 8.64. The maximum Gasteiger partial charge on any atom is 0.227 e. The summed E-state index contributed by atoms with van der Waals surface area (Å²) in [5.41, 5.74) is 4.39. The van der Waals surface area contributed by atoms with Crippen LogP contribution in [-0.2, 0) is 11.2 Å². The number of para-hydroxylation sites is 3. The third kappa shape index (κ3) is 3.28. The third-order valence-corrected chi connectivity index (χ3v) is 6.30. The molecule has 0 radical (unpaired) electrons. The Morgan fingerprint density at radius 1 is 1.17 bits per heavy atom. The second kappa shape index (κ2) is 7.63. The number of nitrogens with one attached hydrogen (secondary N) is 1. The SMILES string of the molecule is CC(C)n1c(C2CCCN(C(=O)Cc3c[nH]c4ccccc34)C2)nc2ccccc21. The predicted molar refractivity (Wildman–Crippen MR) is 121 cm³/mol. The Morgan fingerprint density at radius 2 is 1.97 bits per heavy atom. The van der Waals surface area contributed by atoms with Gasteiger partial charge in [-0.3, -0.25) is 4.79 Å². The van der Waals surface area contributed by atoms with E-state index in [1.807, 2.05) is 29.3 Å². The molecule has 0 aliphatic carbocycles. The van der Waals surface area contributed by atoms with E-state index in [1.54, 1.807) is 0 Å². The van der Waals surface area contributed by atoms with Crippen molar-refractivity contribution >= 4 is 27.8 Å². The van der Waals surface area contributed by atoms with E-state index in [4.69, 9.17) is 4.98 Å². The van der Waals surface area contributed by atoms with Crippen LogP contribution >= 0.6 is 0 Å². The molecular weight excluding hydrogens is 372 g/mol. The van der Waals surface area contributed by atoms with Crippen LogP contribution in [0.5, 0.6) is 0 Å². The Kier molecular flexibility index (Phi) is 4.81. The third-order valence-electron chi connectivity index (χ3n) is 6.30. The first-order valence-electron chi connectivity index (χ1n) is 10.9.